The summed E-state index contributed by atoms with van der Waals surface area (Å²) >= 11 is 0. The molecular formula is C21H27N3O3. The first-order valence-electron chi connectivity index (χ1n) is 9.62. The van der Waals surface area contributed by atoms with Crippen LogP contribution in [0.1, 0.15) is 42.6 Å². The van der Waals surface area contributed by atoms with E-state index in [-0.39, 0.29) is 5.91 Å². The summed E-state index contributed by atoms with van der Waals surface area (Å²) < 4.78 is 12.9. The predicted octanol–water partition coefficient (Wildman–Crippen LogP) is 3.06. The number of methoxy groups -OCH3 is 2. The van der Waals surface area contributed by atoms with Crippen LogP contribution in [-0.2, 0) is 23.3 Å². The maximum Gasteiger partial charge on any atom is 0.233 e. The molecule has 6 nitrogen and oxygen atoms in total. The molecule has 0 spiro atoms. The minimum absolute atomic E-state index is 0.234. The van der Waals surface area contributed by atoms with Gasteiger partial charge in [0.05, 0.1) is 44.1 Å². The third-order valence-electron chi connectivity index (χ3n) is 6.01. The van der Waals surface area contributed by atoms with E-state index in [1.807, 2.05) is 34.7 Å². The molecule has 1 amide bonds. The molecule has 0 unspecified atom stereocenters. The van der Waals surface area contributed by atoms with E-state index < -0.39 is 5.41 Å². The predicted molar refractivity (Wildman–Crippen MR) is 102 cm³/mol. The lowest BCUT2D eigenvalue weighted by molar-refractivity contribution is -0.139. The van der Waals surface area contributed by atoms with Crippen LogP contribution in [0.25, 0.3) is 0 Å². The zero-order valence-corrected chi connectivity index (χ0v) is 16.3. The third-order valence-corrected chi connectivity index (χ3v) is 6.01. The molecule has 0 bridgehead atoms. The van der Waals surface area contributed by atoms with Crippen LogP contribution in [-0.4, -0.2) is 41.4 Å². The van der Waals surface area contributed by atoms with Gasteiger partial charge in [0.2, 0.25) is 5.91 Å². The molecule has 2 aliphatic rings. The van der Waals surface area contributed by atoms with E-state index in [9.17, 15) is 4.79 Å². The van der Waals surface area contributed by atoms with Crippen molar-refractivity contribution in [2.75, 3.05) is 20.8 Å². The first kappa shape index (κ1) is 17.9. The Labute approximate surface area is 160 Å². The lowest BCUT2D eigenvalue weighted by Crippen LogP contribution is -2.48. The lowest BCUT2D eigenvalue weighted by atomic mass is 9.77. The van der Waals surface area contributed by atoms with Gasteiger partial charge in [0.15, 0.2) is 11.5 Å². The molecule has 2 heterocycles. The highest BCUT2D eigenvalue weighted by atomic mass is 16.5. The maximum absolute atomic E-state index is 13.7. The Balaban J connectivity index is 1.67. The number of fused-ring (bicyclic) bond motifs is 1. The summed E-state index contributed by atoms with van der Waals surface area (Å²) in [5.41, 5.74) is 2.71. The molecule has 1 saturated carbocycles. The van der Waals surface area contributed by atoms with Crippen LogP contribution in [0.3, 0.4) is 0 Å². The number of carbonyl (C=O) groups is 1. The van der Waals surface area contributed by atoms with E-state index >= 15 is 0 Å². The number of nitrogens with zero attached hydrogens (tertiary/aromatic N) is 3. The Morgan fingerprint density at radius 2 is 1.81 bits per heavy atom. The van der Waals surface area contributed by atoms with Gasteiger partial charge < -0.3 is 14.4 Å². The summed E-state index contributed by atoms with van der Waals surface area (Å²) in [6.45, 7) is 4.10. The van der Waals surface area contributed by atoms with Gasteiger partial charge in [-0.15, -0.1) is 0 Å². The summed E-state index contributed by atoms with van der Waals surface area (Å²) in [7, 11) is 3.27. The SMILES string of the molecule is COc1ccc(C2(C(=O)N3CCn4nc(C)cc4C3)CCCC2)cc1OC. The zero-order chi connectivity index (χ0) is 19.0. The van der Waals surface area contributed by atoms with Crippen LogP contribution < -0.4 is 9.47 Å². The molecule has 144 valence electrons. The Morgan fingerprint density at radius 3 is 2.52 bits per heavy atom. The lowest BCUT2D eigenvalue weighted by Gasteiger charge is -2.37. The van der Waals surface area contributed by atoms with Gasteiger partial charge in [-0.05, 0) is 43.5 Å². The van der Waals surface area contributed by atoms with Crippen LogP contribution in [0.4, 0.5) is 0 Å². The highest BCUT2D eigenvalue weighted by molar-refractivity contribution is 5.89. The number of benzene rings is 1. The fourth-order valence-electron chi connectivity index (χ4n) is 4.62. The fraction of sp³-hybridized carbons (Fsp3) is 0.524. The van der Waals surface area contributed by atoms with Crippen LogP contribution in [0.15, 0.2) is 24.3 Å². The molecule has 4 rings (SSSR count). The standard InChI is InChI=1S/C21H27N3O3/c1-15-12-17-14-23(10-11-24(17)22-15)20(25)21(8-4-5-9-21)16-6-7-18(26-2)19(13-16)27-3/h6-7,12-13H,4-5,8-11,14H2,1-3H3. The van der Waals surface area contributed by atoms with Crippen molar-refractivity contribution >= 4 is 5.91 Å². The largest absolute Gasteiger partial charge is 0.493 e. The summed E-state index contributed by atoms with van der Waals surface area (Å²) in [4.78, 5) is 15.7. The van der Waals surface area contributed by atoms with Gasteiger partial charge in [-0.2, -0.15) is 5.10 Å². The van der Waals surface area contributed by atoms with Gasteiger partial charge in [0.25, 0.3) is 0 Å². The van der Waals surface area contributed by atoms with Crippen molar-refractivity contribution in [3.05, 3.63) is 41.2 Å². The van der Waals surface area contributed by atoms with Crippen molar-refractivity contribution in [1.82, 2.24) is 14.7 Å². The summed E-state index contributed by atoms with van der Waals surface area (Å²) in [5.74, 6) is 1.61. The molecular weight excluding hydrogens is 342 g/mol. The highest BCUT2D eigenvalue weighted by Crippen LogP contribution is 2.45. The molecule has 0 radical (unpaired) electrons. The number of hydrogen-bond donors (Lipinski definition) is 0. The monoisotopic (exact) mass is 369 g/mol. The van der Waals surface area contributed by atoms with Gasteiger partial charge >= 0.3 is 0 Å². The normalized spacial score (nSPS) is 18.3. The van der Waals surface area contributed by atoms with Gasteiger partial charge in [0, 0.05) is 6.54 Å². The smallest absolute Gasteiger partial charge is 0.233 e. The Morgan fingerprint density at radius 1 is 1.07 bits per heavy atom. The van der Waals surface area contributed by atoms with Crippen molar-refractivity contribution in [2.24, 2.45) is 0 Å². The van der Waals surface area contributed by atoms with Crippen LogP contribution in [0, 0.1) is 6.92 Å². The number of carbonyl (C=O) groups excluding carboxylic acids is 1. The molecule has 0 saturated heterocycles. The molecule has 1 aliphatic carbocycles. The van der Waals surface area contributed by atoms with Gasteiger partial charge in [-0.1, -0.05) is 18.9 Å². The minimum Gasteiger partial charge on any atom is -0.493 e. The molecule has 1 aliphatic heterocycles. The second-order valence-corrected chi connectivity index (χ2v) is 7.59. The highest BCUT2D eigenvalue weighted by Gasteiger charge is 2.45. The quantitative estimate of drug-likeness (QED) is 0.831. The second-order valence-electron chi connectivity index (χ2n) is 7.59. The minimum atomic E-state index is -0.462. The van der Waals surface area contributed by atoms with Crippen molar-refractivity contribution < 1.29 is 14.3 Å². The van der Waals surface area contributed by atoms with Crippen molar-refractivity contribution in [1.29, 1.82) is 0 Å². The fourth-order valence-corrected chi connectivity index (χ4v) is 4.62. The second kappa shape index (κ2) is 6.91. The number of hydrogen-bond acceptors (Lipinski definition) is 4. The first-order chi connectivity index (χ1) is 13.1. The summed E-state index contributed by atoms with van der Waals surface area (Å²) in [6.07, 6.45) is 3.92. The molecule has 6 heteroatoms. The third kappa shape index (κ3) is 2.97. The molecule has 1 aromatic carbocycles. The molecule has 0 atom stereocenters. The topological polar surface area (TPSA) is 56.6 Å². The number of amides is 1. The number of aromatic nitrogens is 2. The van der Waals surface area contributed by atoms with Crippen LogP contribution >= 0.6 is 0 Å². The zero-order valence-electron chi connectivity index (χ0n) is 16.3. The van der Waals surface area contributed by atoms with E-state index in [2.05, 4.69) is 11.2 Å². The average molecular weight is 369 g/mol. The van der Waals surface area contributed by atoms with Crippen LogP contribution in [0.5, 0.6) is 11.5 Å². The molecule has 2 aromatic rings. The molecule has 1 fully saturated rings. The van der Waals surface area contributed by atoms with E-state index in [0.29, 0.717) is 24.6 Å². The molecule has 1 aromatic heterocycles. The van der Waals surface area contributed by atoms with Gasteiger partial charge in [-0.25, -0.2) is 0 Å². The van der Waals surface area contributed by atoms with Crippen molar-refractivity contribution in [2.45, 2.75) is 51.1 Å². The molecule has 0 N–H and O–H groups in total. The summed E-state index contributed by atoms with van der Waals surface area (Å²) in [5, 5.41) is 4.51. The van der Waals surface area contributed by atoms with Crippen LogP contribution in [0.2, 0.25) is 0 Å². The van der Waals surface area contributed by atoms with E-state index in [1.165, 1.54) is 0 Å². The maximum atomic E-state index is 13.7. The van der Waals surface area contributed by atoms with E-state index in [0.717, 1.165) is 49.2 Å². The number of aryl methyl sites for hydroxylation is 1. The number of rotatable bonds is 4. The van der Waals surface area contributed by atoms with Gasteiger partial charge in [0.1, 0.15) is 0 Å². The van der Waals surface area contributed by atoms with Crippen molar-refractivity contribution in [3.8, 4) is 11.5 Å². The Hall–Kier alpha value is -2.50. The van der Waals surface area contributed by atoms with Gasteiger partial charge in [-0.3, -0.25) is 9.48 Å². The number of ether oxygens (including phenoxy) is 2. The van der Waals surface area contributed by atoms with E-state index in [4.69, 9.17) is 9.47 Å². The Kier molecular flexibility index (Phi) is 4.58. The van der Waals surface area contributed by atoms with Crippen molar-refractivity contribution in [3.63, 3.8) is 0 Å². The molecule has 27 heavy (non-hydrogen) atoms. The Bertz CT molecular complexity index is 852. The summed E-state index contributed by atoms with van der Waals surface area (Å²) in [6, 6.07) is 8.01. The van der Waals surface area contributed by atoms with E-state index in [1.54, 1.807) is 14.2 Å². The first-order valence-corrected chi connectivity index (χ1v) is 9.62. The average Bonchev–Trinajstić information content (AvgIpc) is 3.32.